The van der Waals surface area contributed by atoms with Crippen molar-refractivity contribution < 1.29 is 14.3 Å². The standard InChI is InChI=1S/C23H29N3O3/c1-18-7-3-4-8-20(18)26-13-11-25(12-14-26)16-23(27)24(2)15-19-17-28-21-9-5-6-10-22(21)29-19/h3-10,19H,11-17H2,1-2H3/t19-/m0/s1. The molecule has 1 saturated heterocycles. The van der Waals surface area contributed by atoms with E-state index in [-0.39, 0.29) is 12.0 Å². The van der Waals surface area contributed by atoms with Crippen LogP contribution in [0.25, 0.3) is 0 Å². The lowest BCUT2D eigenvalue weighted by Crippen LogP contribution is -2.51. The Balaban J connectivity index is 1.24. The van der Waals surface area contributed by atoms with Gasteiger partial charge in [0.2, 0.25) is 5.91 Å². The normalized spacial score (nSPS) is 19.1. The molecule has 2 aliphatic heterocycles. The van der Waals surface area contributed by atoms with E-state index in [1.54, 1.807) is 4.90 Å². The van der Waals surface area contributed by atoms with Gasteiger partial charge in [-0.15, -0.1) is 0 Å². The minimum atomic E-state index is -0.142. The zero-order valence-corrected chi connectivity index (χ0v) is 17.2. The third kappa shape index (κ3) is 4.65. The van der Waals surface area contributed by atoms with Gasteiger partial charge in [0.15, 0.2) is 17.6 Å². The summed E-state index contributed by atoms with van der Waals surface area (Å²) in [5.41, 5.74) is 2.60. The lowest BCUT2D eigenvalue weighted by atomic mass is 10.1. The van der Waals surface area contributed by atoms with Crippen LogP contribution in [0.4, 0.5) is 5.69 Å². The lowest BCUT2D eigenvalue weighted by Gasteiger charge is -2.37. The summed E-state index contributed by atoms with van der Waals surface area (Å²) in [7, 11) is 1.84. The first-order valence-electron chi connectivity index (χ1n) is 10.3. The molecule has 0 spiro atoms. The molecule has 0 aromatic heterocycles. The molecule has 154 valence electrons. The van der Waals surface area contributed by atoms with Crippen LogP contribution in [0.1, 0.15) is 5.56 Å². The van der Waals surface area contributed by atoms with Gasteiger partial charge in [-0.05, 0) is 30.7 Å². The van der Waals surface area contributed by atoms with Gasteiger partial charge in [0, 0.05) is 38.9 Å². The molecule has 0 radical (unpaired) electrons. The number of nitrogens with zero attached hydrogens (tertiary/aromatic N) is 3. The number of fused-ring (bicyclic) bond motifs is 1. The van der Waals surface area contributed by atoms with Gasteiger partial charge < -0.3 is 19.3 Å². The van der Waals surface area contributed by atoms with Crippen molar-refractivity contribution in [1.29, 1.82) is 0 Å². The summed E-state index contributed by atoms with van der Waals surface area (Å²) in [6.07, 6.45) is -0.142. The predicted octanol–water partition coefficient (Wildman–Crippen LogP) is 2.42. The van der Waals surface area contributed by atoms with Crippen molar-refractivity contribution in [2.75, 3.05) is 57.8 Å². The summed E-state index contributed by atoms with van der Waals surface area (Å²) in [6.45, 7) is 7.25. The van der Waals surface area contributed by atoms with Crippen molar-refractivity contribution in [3.05, 3.63) is 54.1 Å². The van der Waals surface area contributed by atoms with Crippen LogP contribution in [-0.2, 0) is 4.79 Å². The second-order valence-corrected chi connectivity index (χ2v) is 7.82. The van der Waals surface area contributed by atoms with Crippen molar-refractivity contribution in [2.45, 2.75) is 13.0 Å². The first-order valence-corrected chi connectivity index (χ1v) is 10.3. The molecule has 0 bridgehead atoms. The molecule has 4 rings (SSSR count). The van der Waals surface area contributed by atoms with Gasteiger partial charge in [0.05, 0.1) is 13.1 Å². The highest BCUT2D eigenvalue weighted by Gasteiger charge is 2.25. The Labute approximate surface area is 172 Å². The summed E-state index contributed by atoms with van der Waals surface area (Å²) in [6, 6.07) is 16.1. The molecule has 0 unspecified atom stereocenters. The minimum absolute atomic E-state index is 0.122. The Morgan fingerprint density at radius 2 is 1.72 bits per heavy atom. The highest BCUT2D eigenvalue weighted by atomic mass is 16.6. The van der Waals surface area contributed by atoms with E-state index in [2.05, 4.69) is 41.0 Å². The Bertz CT molecular complexity index is 849. The average molecular weight is 396 g/mol. The molecular formula is C23H29N3O3. The molecule has 2 aliphatic rings. The molecule has 1 fully saturated rings. The number of likely N-dealkylation sites (N-methyl/N-ethyl adjacent to an activating group) is 1. The summed E-state index contributed by atoms with van der Waals surface area (Å²) in [5, 5.41) is 0. The van der Waals surface area contributed by atoms with Crippen molar-refractivity contribution in [1.82, 2.24) is 9.80 Å². The molecule has 0 saturated carbocycles. The predicted molar refractivity (Wildman–Crippen MR) is 114 cm³/mol. The summed E-state index contributed by atoms with van der Waals surface area (Å²) < 4.78 is 11.7. The molecule has 1 amide bonds. The largest absolute Gasteiger partial charge is 0.486 e. The van der Waals surface area contributed by atoms with Crippen LogP contribution in [0.2, 0.25) is 0 Å². The van der Waals surface area contributed by atoms with Crippen molar-refractivity contribution in [2.24, 2.45) is 0 Å². The Hall–Kier alpha value is -2.73. The molecular weight excluding hydrogens is 366 g/mol. The number of hydrogen-bond donors (Lipinski definition) is 0. The second kappa shape index (κ2) is 8.74. The monoisotopic (exact) mass is 395 g/mol. The number of piperazine rings is 1. The van der Waals surface area contributed by atoms with Gasteiger partial charge in [-0.3, -0.25) is 9.69 Å². The van der Waals surface area contributed by atoms with Crippen molar-refractivity contribution in [3.63, 3.8) is 0 Å². The number of para-hydroxylation sites is 3. The van der Waals surface area contributed by atoms with Gasteiger partial charge in [-0.2, -0.15) is 0 Å². The van der Waals surface area contributed by atoms with Gasteiger partial charge >= 0.3 is 0 Å². The van der Waals surface area contributed by atoms with Crippen LogP contribution in [0, 0.1) is 6.92 Å². The van der Waals surface area contributed by atoms with Gasteiger partial charge in [0.25, 0.3) is 0 Å². The molecule has 2 aromatic carbocycles. The number of hydrogen-bond acceptors (Lipinski definition) is 5. The smallest absolute Gasteiger partial charge is 0.236 e. The molecule has 2 heterocycles. The third-order valence-corrected chi connectivity index (χ3v) is 5.66. The summed E-state index contributed by atoms with van der Waals surface area (Å²) >= 11 is 0. The second-order valence-electron chi connectivity index (χ2n) is 7.82. The Morgan fingerprint density at radius 1 is 1.03 bits per heavy atom. The van der Waals surface area contributed by atoms with Crippen molar-refractivity contribution >= 4 is 11.6 Å². The fourth-order valence-electron chi connectivity index (χ4n) is 3.94. The maximum Gasteiger partial charge on any atom is 0.236 e. The molecule has 2 aromatic rings. The maximum absolute atomic E-state index is 12.7. The van der Waals surface area contributed by atoms with Crippen LogP contribution in [-0.4, -0.2) is 74.7 Å². The summed E-state index contributed by atoms with van der Waals surface area (Å²) in [5.74, 6) is 1.64. The van der Waals surface area contributed by atoms with Crippen LogP contribution < -0.4 is 14.4 Å². The number of aryl methyl sites for hydroxylation is 1. The zero-order chi connectivity index (χ0) is 20.2. The molecule has 0 aliphatic carbocycles. The van der Waals surface area contributed by atoms with Gasteiger partial charge in [0.1, 0.15) is 6.61 Å². The van der Waals surface area contributed by atoms with Crippen LogP contribution >= 0.6 is 0 Å². The first-order chi connectivity index (χ1) is 14.1. The molecule has 0 N–H and O–H groups in total. The first kappa shape index (κ1) is 19.6. The van der Waals surface area contributed by atoms with Crippen molar-refractivity contribution in [3.8, 4) is 11.5 Å². The molecule has 6 heteroatoms. The SMILES string of the molecule is Cc1ccccc1N1CCN(CC(=O)N(C)C[C@H]2COc3ccccc3O2)CC1. The zero-order valence-electron chi connectivity index (χ0n) is 17.2. The van der Waals surface area contributed by atoms with E-state index >= 15 is 0 Å². The van der Waals surface area contributed by atoms with E-state index < -0.39 is 0 Å². The van der Waals surface area contributed by atoms with E-state index in [1.807, 2.05) is 31.3 Å². The highest BCUT2D eigenvalue weighted by Crippen LogP contribution is 2.31. The fourth-order valence-corrected chi connectivity index (χ4v) is 3.94. The van der Waals surface area contributed by atoms with Crippen LogP contribution in [0.5, 0.6) is 11.5 Å². The molecule has 6 nitrogen and oxygen atoms in total. The third-order valence-electron chi connectivity index (χ3n) is 5.66. The summed E-state index contributed by atoms with van der Waals surface area (Å²) in [4.78, 5) is 19.1. The van der Waals surface area contributed by atoms with Crippen LogP contribution in [0.3, 0.4) is 0 Å². The Kier molecular flexibility index (Phi) is 5.90. The number of carbonyl (C=O) groups is 1. The Morgan fingerprint density at radius 3 is 2.48 bits per heavy atom. The quantitative estimate of drug-likeness (QED) is 0.778. The van der Waals surface area contributed by atoms with E-state index in [4.69, 9.17) is 9.47 Å². The molecule has 1 atom stereocenters. The lowest BCUT2D eigenvalue weighted by molar-refractivity contribution is -0.132. The number of rotatable bonds is 5. The van der Waals surface area contributed by atoms with E-state index in [1.165, 1.54) is 11.3 Å². The van der Waals surface area contributed by atoms with E-state index in [0.717, 1.165) is 37.7 Å². The fraction of sp³-hybridized carbons (Fsp3) is 0.435. The highest BCUT2D eigenvalue weighted by molar-refractivity contribution is 5.78. The minimum Gasteiger partial charge on any atom is -0.486 e. The number of ether oxygens (including phenoxy) is 2. The number of amides is 1. The van der Waals surface area contributed by atoms with E-state index in [0.29, 0.717) is 19.7 Å². The van der Waals surface area contributed by atoms with Gasteiger partial charge in [-0.1, -0.05) is 30.3 Å². The van der Waals surface area contributed by atoms with E-state index in [9.17, 15) is 4.79 Å². The molecule has 29 heavy (non-hydrogen) atoms. The van der Waals surface area contributed by atoms with Gasteiger partial charge in [-0.25, -0.2) is 0 Å². The number of anilines is 1. The topological polar surface area (TPSA) is 45.2 Å². The number of carbonyl (C=O) groups excluding carboxylic acids is 1. The van der Waals surface area contributed by atoms with Crippen LogP contribution in [0.15, 0.2) is 48.5 Å². The number of benzene rings is 2. The maximum atomic E-state index is 12.7. The average Bonchev–Trinajstić information content (AvgIpc) is 2.74.